The second-order valence-electron chi connectivity index (χ2n) is 7.93. The lowest BCUT2D eigenvalue weighted by molar-refractivity contribution is 0.130. The molecule has 0 N–H and O–H groups in total. The number of hydrogen-bond acceptors (Lipinski definition) is 3. The lowest BCUT2D eigenvalue weighted by atomic mass is 10.1. The molecule has 0 unspecified atom stereocenters. The summed E-state index contributed by atoms with van der Waals surface area (Å²) < 4.78 is 15.7. The third kappa shape index (κ3) is 4.70. The van der Waals surface area contributed by atoms with Crippen LogP contribution in [0.15, 0.2) is 84.0 Å². The summed E-state index contributed by atoms with van der Waals surface area (Å²) in [7, 11) is 0. The number of nitriles is 1. The summed E-state index contributed by atoms with van der Waals surface area (Å²) in [6.07, 6.45) is 0. The largest absolute Gasteiger partial charge is 0.391 e. The Morgan fingerprint density at radius 3 is 2.48 bits per heavy atom. The predicted molar refractivity (Wildman–Crippen MR) is 129 cm³/mol. The highest BCUT2D eigenvalue weighted by Gasteiger charge is 2.17. The molecule has 0 aliphatic carbocycles. The van der Waals surface area contributed by atoms with Gasteiger partial charge in [-0.1, -0.05) is 35.5 Å². The van der Waals surface area contributed by atoms with Gasteiger partial charge in [-0.05, 0) is 80.4 Å². The van der Waals surface area contributed by atoms with E-state index in [0.717, 1.165) is 45.0 Å². The summed E-state index contributed by atoms with van der Waals surface area (Å²) in [5.41, 5.74) is 8.04. The summed E-state index contributed by atoms with van der Waals surface area (Å²) in [6.45, 7) is 6.20. The summed E-state index contributed by atoms with van der Waals surface area (Å²) >= 11 is 0. The predicted octanol–water partition coefficient (Wildman–Crippen LogP) is 6.71. The lowest BCUT2D eigenvalue weighted by Gasteiger charge is -2.13. The first-order valence-electron chi connectivity index (χ1n) is 10.7. The minimum absolute atomic E-state index is 0.212. The molecule has 5 heteroatoms. The normalized spacial score (nSPS) is 11.3. The van der Waals surface area contributed by atoms with Crippen LogP contribution in [0.1, 0.15) is 34.9 Å². The van der Waals surface area contributed by atoms with Gasteiger partial charge in [-0.25, -0.2) is 4.39 Å². The van der Waals surface area contributed by atoms with Crippen LogP contribution in [0.25, 0.3) is 16.9 Å². The molecule has 4 aromatic rings. The van der Waals surface area contributed by atoms with Gasteiger partial charge >= 0.3 is 0 Å². The fourth-order valence-electron chi connectivity index (χ4n) is 3.91. The smallest absolute Gasteiger partial charge is 0.143 e. The van der Waals surface area contributed by atoms with Crippen molar-refractivity contribution >= 4 is 5.71 Å². The van der Waals surface area contributed by atoms with Crippen LogP contribution in [-0.4, -0.2) is 10.3 Å². The van der Waals surface area contributed by atoms with Crippen molar-refractivity contribution in [2.45, 2.75) is 27.4 Å². The van der Waals surface area contributed by atoms with Crippen molar-refractivity contribution in [1.29, 1.82) is 5.26 Å². The van der Waals surface area contributed by atoms with E-state index < -0.39 is 0 Å². The van der Waals surface area contributed by atoms with Crippen LogP contribution in [0.5, 0.6) is 0 Å². The summed E-state index contributed by atoms with van der Waals surface area (Å²) in [4.78, 5) is 5.61. The third-order valence-electron chi connectivity index (χ3n) is 5.60. The Bertz CT molecular complexity index is 1360. The molecule has 3 aromatic carbocycles. The fraction of sp³-hybridized carbons (Fsp3) is 0.143. The maximum atomic E-state index is 13.6. The molecule has 0 amide bonds. The van der Waals surface area contributed by atoms with Crippen LogP contribution in [0.4, 0.5) is 4.39 Å². The van der Waals surface area contributed by atoms with E-state index in [1.54, 1.807) is 18.2 Å². The first-order chi connectivity index (χ1) is 16.0. The average molecular weight is 438 g/mol. The van der Waals surface area contributed by atoms with E-state index >= 15 is 0 Å². The van der Waals surface area contributed by atoms with Crippen molar-refractivity contribution in [3.63, 3.8) is 0 Å². The maximum absolute atomic E-state index is 13.6. The second-order valence-corrected chi connectivity index (χ2v) is 7.93. The molecule has 33 heavy (non-hydrogen) atoms. The standard InChI is InChI=1S/C28H24FN3O/c1-19-7-6-10-26(15-19)32-21(3)27(16-28(32)22-11-13-25(29)14-12-22)20(2)31-33-18-24-9-5-4-8-23(24)17-30/h4-16H,18H2,1-3H3/b31-20+. The minimum atomic E-state index is -0.270. The maximum Gasteiger partial charge on any atom is 0.143 e. The van der Waals surface area contributed by atoms with Crippen LogP contribution in [0.3, 0.4) is 0 Å². The SMILES string of the molecule is C/C(=N\OCc1ccccc1C#N)c1cc(-c2ccc(F)cc2)n(-c2cccc(C)c2)c1C. The zero-order chi connectivity index (χ0) is 23.4. The van der Waals surface area contributed by atoms with Gasteiger partial charge in [0.05, 0.1) is 23.0 Å². The number of aromatic nitrogens is 1. The Morgan fingerprint density at radius 1 is 1.00 bits per heavy atom. The third-order valence-corrected chi connectivity index (χ3v) is 5.60. The van der Waals surface area contributed by atoms with Gasteiger partial charge in [-0.3, -0.25) is 0 Å². The quantitative estimate of drug-likeness (QED) is 0.249. The molecule has 0 bridgehead atoms. The molecule has 1 aromatic heterocycles. The van der Waals surface area contributed by atoms with Crippen molar-refractivity contribution in [3.8, 4) is 23.0 Å². The van der Waals surface area contributed by atoms with Gasteiger partial charge in [-0.2, -0.15) is 5.26 Å². The zero-order valence-electron chi connectivity index (χ0n) is 18.8. The summed E-state index contributed by atoms with van der Waals surface area (Å²) in [5, 5.41) is 13.6. The van der Waals surface area contributed by atoms with Gasteiger partial charge in [0, 0.05) is 22.5 Å². The van der Waals surface area contributed by atoms with Gasteiger partial charge in [0.15, 0.2) is 0 Å². The molecule has 0 aliphatic heterocycles. The van der Waals surface area contributed by atoms with E-state index in [0.29, 0.717) is 5.56 Å². The zero-order valence-corrected chi connectivity index (χ0v) is 18.8. The summed E-state index contributed by atoms with van der Waals surface area (Å²) in [5.74, 6) is -0.270. The highest BCUT2D eigenvalue weighted by atomic mass is 19.1. The van der Waals surface area contributed by atoms with E-state index in [1.165, 1.54) is 12.1 Å². The number of hydrogen-bond donors (Lipinski definition) is 0. The van der Waals surface area contributed by atoms with Crippen molar-refractivity contribution in [2.24, 2.45) is 5.16 Å². The highest BCUT2D eigenvalue weighted by Crippen LogP contribution is 2.30. The first kappa shape index (κ1) is 22.0. The molecule has 0 aliphatic rings. The number of oxime groups is 1. The number of halogens is 1. The molecule has 0 fully saturated rings. The van der Waals surface area contributed by atoms with Crippen LogP contribution in [0.2, 0.25) is 0 Å². The van der Waals surface area contributed by atoms with Crippen LogP contribution >= 0.6 is 0 Å². The van der Waals surface area contributed by atoms with Gasteiger partial charge in [0.25, 0.3) is 0 Å². The highest BCUT2D eigenvalue weighted by molar-refractivity contribution is 6.01. The Morgan fingerprint density at radius 2 is 1.76 bits per heavy atom. The molecule has 0 spiro atoms. The number of aryl methyl sites for hydroxylation is 1. The fourth-order valence-corrected chi connectivity index (χ4v) is 3.91. The first-order valence-corrected chi connectivity index (χ1v) is 10.7. The van der Waals surface area contributed by atoms with E-state index in [2.05, 4.69) is 47.0 Å². The van der Waals surface area contributed by atoms with Crippen LogP contribution in [0, 0.1) is 31.0 Å². The van der Waals surface area contributed by atoms with Crippen LogP contribution in [-0.2, 0) is 11.4 Å². The molecule has 164 valence electrons. The van der Waals surface area contributed by atoms with E-state index in [9.17, 15) is 9.65 Å². The van der Waals surface area contributed by atoms with Crippen molar-refractivity contribution in [1.82, 2.24) is 4.57 Å². The molecule has 0 saturated carbocycles. The van der Waals surface area contributed by atoms with E-state index in [4.69, 9.17) is 4.84 Å². The molecule has 0 saturated heterocycles. The molecule has 4 rings (SSSR count). The number of rotatable bonds is 6. The molecule has 0 atom stereocenters. The molecular formula is C28H24FN3O. The topological polar surface area (TPSA) is 50.3 Å². The average Bonchev–Trinajstić information content (AvgIpc) is 3.17. The number of nitrogens with zero attached hydrogens (tertiary/aromatic N) is 3. The molecule has 0 radical (unpaired) electrons. The van der Waals surface area contributed by atoms with E-state index in [-0.39, 0.29) is 12.4 Å². The van der Waals surface area contributed by atoms with E-state index in [1.807, 2.05) is 38.1 Å². The van der Waals surface area contributed by atoms with Crippen molar-refractivity contribution in [3.05, 3.63) is 113 Å². The minimum Gasteiger partial charge on any atom is -0.391 e. The lowest BCUT2D eigenvalue weighted by Crippen LogP contribution is -2.03. The summed E-state index contributed by atoms with van der Waals surface area (Å²) in [6, 6.07) is 26.3. The Kier molecular flexibility index (Phi) is 6.37. The molecule has 4 nitrogen and oxygen atoms in total. The van der Waals surface area contributed by atoms with Gasteiger partial charge in [-0.15, -0.1) is 0 Å². The van der Waals surface area contributed by atoms with Crippen molar-refractivity contribution < 1.29 is 9.23 Å². The molecule has 1 heterocycles. The number of benzene rings is 3. The van der Waals surface area contributed by atoms with Gasteiger partial charge in [0.2, 0.25) is 0 Å². The Hall–Kier alpha value is -4.17. The van der Waals surface area contributed by atoms with Gasteiger partial charge < -0.3 is 9.40 Å². The van der Waals surface area contributed by atoms with Crippen LogP contribution < -0.4 is 0 Å². The van der Waals surface area contributed by atoms with Gasteiger partial charge in [0.1, 0.15) is 12.4 Å². The van der Waals surface area contributed by atoms with Crippen molar-refractivity contribution in [2.75, 3.05) is 0 Å². The molecular weight excluding hydrogens is 413 g/mol. The second kappa shape index (κ2) is 9.54. The Labute approximate surface area is 193 Å². The Balaban J connectivity index is 1.72. The monoisotopic (exact) mass is 437 g/mol.